The molecule has 1 unspecified atom stereocenters. The Bertz CT molecular complexity index is 1020. The van der Waals surface area contributed by atoms with Gasteiger partial charge in [-0.3, -0.25) is 9.59 Å². The maximum absolute atomic E-state index is 14.0. The standard InChI is InChI=1S/C18H17FN2O5S/c1-10-8-14(22)18-15(7-6-13(19)17(10)18)26-9-16(23)21-11-2-4-12(5-3-11)27(20,24)25/h2-7,10H,8-9H2,1H3,(H,21,23)(H2,20,24,25). The molecule has 27 heavy (non-hydrogen) atoms. The second kappa shape index (κ2) is 7.09. The highest BCUT2D eigenvalue weighted by Gasteiger charge is 2.32. The first-order valence-corrected chi connectivity index (χ1v) is 9.62. The zero-order valence-corrected chi connectivity index (χ0v) is 15.2. The van der Waals surface area contributed by atoms with Crippen molar-refractivity contribution in [1.82, 2.24) is 0 Å². The van der Waals surface area contributed by atoms with Gasteiger partial charge in [0.15, 0.2) is 12.4 Å². The summed E-state index contributed by atoms with van der Waals surface area (Å²) in [6.45, 7) is 1.37. The third-order valence-electron chi connectivity index (χ3n) is 4.24. The predicted octanol–water partition coefficient (Wildman–Crippen LogP) is 2.18. The summed E-state index contributed by atoms with van der Waals surface area (Å²) in [5, 5.41) is 7.54. The molecule has 0 saturated carbocycles. The summed E-state index contributed by atoms with van der Waals surface area (Å²) < 4.78 is 41.8. The van der Waals surface area contributed by atoms with E-state index in [-0.39, 0.29) is 34.3 Å². The van der Waals surface area contributed by atoms with E-state index in [1.807, 2.05) is 0 Å². The first-order chi connectivity index (χ1) is 12.7. The number of nitrogens with two attached hydrogens (primary N) is 1. The summed E-state index contributed by atoms with van der Waals surface area (Å²) in [6, 6.07) is 7.85. The van der Waals surface area contributed by atoms with Crippen molar-refractivity contribution in [3.63, 3.8) is 0 Å². The lowest BCUT2D eigenvalue weighted by molar-refractivity contribution is -0.118. The summed E-state index contributed by atoms with van der Waals surface area (Å²) in [7, 11) is -3.81. The largest absolute Gasteiger partial charge is 0.483 e. The number of ketones is 1. The van der Waals surface area contributed by atoms with E-state index in [1.165, 1.54) is 36.4 Å². The highest BCUT2D eigenvalue weighted by molar-refractivity contribution is 7.89. The maximum Gasteiger partial charge on any atom is 0.262 e. The molecule has 7 nitrogen and oxygen atoms in total. The Morgan fingerprint density at radius 3 is 2.56 bits per heavy atom. The number of fused-ring (bicyclic) bond motifs is 1. The number of carbonyl (C=O) groups excluding carboxylic acids is 2. The van der Waals surface area contributed by atoms with E-state index in [2.05, 4.69) is 5.32 Å². The van der Waals surface area contributed by atoms with Crippen molar-refractivity contribution in [3.05, 3.63) is 53.3 Å². The summed E-state index contributed by atoms with van der Waals surface area (Å²) in [6.07, 6.45) is 0.204. The molecule has 0 saturated heterocycles. The number of amides is 1. The van der Waals surface area contributed by atoms with Crippen LogP contribution < -0.4 is 15.2 Å². The molecule has 0 spiro atoms. The minimum Gasteiger partial charge on any atom is -0.483 e. The van der Waals surface area contributed by atoms with Crippen LogP contribution in [0.25, 0.3) is 0 Å². The number of hydrogen-bond donors (Lipinski definition) is 2. The van der Waals surface area contributed by atoms with Gasteiger partial charge in [0.25, 0.3) is 5.91 Å². The number of anilines is 1. The van der Waals surface area contributed by atoms with Crippen LogP contribution in [0.15, 0.2) is 41.3 Å². The quantitative estimate of drug-likeness (QED) is 0.809. The average molecular weight is 392 g/mol. The van der Waals surface area contributed by atoms with Crippen LogP contribution in [0, 0.1) is 5.82 Å². The van der Waals surface area contributed by atoms with Crippen LogP contribution in [0.2, 0.25) is 0 Å². The van der Waals surface area contributed by atoms with Gasteiger partial charge < -0.3 is 10.1 Å². The molecule has 1 aliphatic carbocycles. The fourth-order valence-electron chi connectivity index (χ4n) is 3.01. The van der Waals surface area contributed by atoms with Crippen molar-refractivity contribution < 1.29 is 27.1 Å². The lowest BCUT2D eigenvalue weighted by Gasteiger charge is -2.12. The van der Waals surface area contributed by atoms with Crippen molar-refractivity contribution in [2.24, 2.45) is 5.14 Å². The number of hydrogen-bond acceptors (Lipinski definition) is 5. The van der Waals surface area contributed by atoms with Gasteiger partial charge in [-0.1, -0.05) is 6.92 Å². The van der Waals surface area contributed by atoms with Crippen molar-refractivity contribution in [1.29, 1.82) is 0 Å². The van der Waals surface area contributed by atoms with Crippen molar-refractivity contribution >= 4 is 27.4 Å². The molecule has 2 aromatic rings. The van der Waals surface area contributed by atoms with Gasteiger partial charge in [0, 0.05) is 17.7 Å². The van der Waals surface area contributed by atoms with Crippen molar-refractivity contribution in [3.8, 4) is 5.75 Å². The topological polar surface area (TPSA) is 116 Å². The zero-order valence-electron chi connectivity index (χ0n) is 14.4. The maximum atomic E-state index is 14.0. The summed E-state index contributed by atoms with van der Waals surface area (Å²) in [5.41, 5.74) is 0.856. The van der Waals surface area contributed by atoms with Gasteiger partial charge in [-0.25, -0.2) is 17.9 Å². The Hall–Kier alpha value is -2.78. The molecule has 9 heteroatoms. The molecule has 3 rings (SSSR count). The van der Waals surface area contributed by atoms with Gasteiger partial charge in [-0.2, -0.15) is 0 Å². The van der Waals surface area contributed by atoms with Gasteiger partial charge in [-0.05, 0) is 42.3 Å². The summed E-state index contributed by atoms with van der Waals surface area (Å²) in [5.74, 6) is -1.27. The molecule has 1 atom stereocenters. The Morgan fingerprint density at radius 2 is 1.93 bits per heavy atom. The third kappa shape index (κ3) is 3.99. The van der Waals surface area contributed by atoms with Crippen LogP contribution in [0.5, 0.6) is 5.75 Å². The van der Waals surface area contributed by atoms with E-state index in [0.717, 1.165) is 0 Å². The number of halogens is 1. The first-order valence-electron chi connectivity index (χ1n) is 8.08. The van der Waals surface area contributed by atoms with Gasteiger partial charge in [0.05, 0.1) is 10.5 Å². The molecule has 3 N–H and O–H groups in total. The minimum atomic E-state index is -3.81. The molecule has 1 amide bonds. The molecule has 142 valence electrons. The number of sulfonamides is 1. The van der Waals surface area contributed by atoms with Crippen LogP contribution >= 0.6 is 0 Å². The van der Waals surface area contributed by atoms with Crippen molar-refractivity contribution in [2.75, 3.05) is 11.9 Å². The summed E-state index contributed by atoms with van der Waals surface area (Å²) in [4.78, 5) is 24.1. The minimum absolute atomic E-state index is 0.0775. The molecular formula is C18H17FN2O5S. The van der Waals surface area contributed by atoms with Crippen LogP contribution in [0.1, 0.15) is 35.2 Å². The van der Waals surface area contributed by atoms with E-state index in [1.54, 1.807) is 6.92 Å². The molecule has 0 bridgehead atoms. The molecule has 0 aliphatic heterocycles. The Morgan fingerprint density at radius 1 is 1.26 bits per heavy atom. The van der Waals surface area contributed by atoms with Crippen LogP contribution in [0.3, 0.4) is 0 Å². The average Bonchev–Trinajstić information content (AvgIpc) is 2.90. The number of benzene rings is 2. The smallest absolute Gasteiger partial charge is 0.262 e. The molecule has 0 aromatic heterocycles. The van der Waals surface area contributed by atoms with Gasteiger partial charge in [0.1, 0.15) is 11.6 Å². The van der Waals surface area contributed by atoms with Crippen LogP contribution in [0.4, 0.5) is 10.1 Å². The lowest BCUT2D eigenvalue weighted by Crippen LogP contribution is -2.21. The number of Topliss-reactive ketones (excluding diaryl/α,β-unsaturated/α-hetero) is 1. The van der Waals surface area contributed by atoms with E-state index in [0.29, 0.717) is 11.3 Å². The molecule has 0 fully saturated rings. The first kappa shape index (κ1) is 19.0. The van der Waals surface area contributed by atoms with Gasteiger partial charge in [-0.15, -0.1) is 0 Å². The Balaban J connectivity index is 1.68. The Labute approximate surface area is 155 Å². The molecular weight excluding hydrogens is 375 g/mol. The fourth-order valence-corrected chi connectivity index (χ4v) is 3.53. The van der Waals surface area contributed by atoms with Gasteiger partial charge in [0.2, 0.25) is 10.0 Å². The third-order valence-corrected chi connectivity index (χ3v) is 5.17. The molecule has 0 heterocycles. The fraction of sp³-hybridized carbons (Fsp3) is 0.222. The monoisotopic (exact) mass is 392 g/mol. The van der Waals surface area contributed by atoms with E-state index in [4.69, 9.17) is 9.88 Å². The normalized spacial score (nSPS) is 16.1. The van der Waals surface area contributed by atoms with E-state index in [9.17, 15) is 22.4 Å². The number of primary sulfonamides is 1. The summed E-state index contributed by atoms with van der Waals surface area (Å²) >= 11 is 0. The van der Waals surface area contributed by atoms with Gasteiger partial charge >= 0.3 is 0 Å². The second-order valence-electron chi connectivity index (χ2n) is 6.27. The van der Waals surface area contributed by atoms with Crippen molar-refractivity contribution in [2.45, 2.75) is 24.2 Å². The Kier molecular flexibility index (Phi) is 4.99. The molecule has 1 aliphatic rings. The van der Waals surface area contributed by atoms with Crippen LogP contribution in [-0.4, -0.2) is 26.7 Å². The highest BCUT2D eigenvalue weighted by Crippen LogP contribution is 2.39. The SMILES string of the molecule is CC1CC(=O)c2c(OCC(=O)Nc3ccc(S(N)(=O)=O)cc3)ccc(F)c21. The molecule has 2 aromatic carbocycles. The number of rotatable bonds is 5. The van der Waals surface area contributed by atoms with Crippen LogP contribution in [-0.2, 0) is 14.8 Å². The lowest BCUT2D eigenvalue weighted by atomic mass is 10.0. The number of nitrogens with one attached hydrogen (secondary N) is 1. The van der Waals surface area contributed by atoms with E-state index >= 15 is 0 Å². The zero-order chi connectivity index (χ0) is 19.8. The number of ether oxygens (including phenoxy) is 1. The van der Waals surface area contributed by atoms with E-state index < -0.39 is 28.4 Å². The molecule has 0 radical (unpaired) electrons. The highest BCUT2D eigenvalue weighted by atomic mass is 32.2. The second-order valence-corrected chi connectivity index (χ2v) is 7.83. The predicted molar refractivity (Wildman–Crippen MR) is 95.7 cm³/mol. The number of carbonyl (C=O) groups is 2.